The highest BCUT2D eigenvalue weighted by molar-refractivity contribution is 5.87. The van der Waals surface area contributed by atoms with Gasteiger partial charge in [0.15, 0.2) is 5.78 Å². The first kappa shape index (κ1) is 13.3. The normalized spacial score (nSPS) is 14.6. The number of hydrogen-bond donors (Lipinski definition) is 0. The summed E-state index contributed by atoms with van der Waals surface area (Å²) >= 11 is 0. The second-order valence-corrected chi connectivity index (χ2v) is 4.22. The minimum atomic E-state index is -0.572. The van der Waals surface area contributed by atoms with E-state index in [0.717, 1.165) is 0 Å². The van der Waals surface area contributed by atoms with Gasteiger partial charge in [-0.2, -0.15) is 0 Å². The van der Waals surface area contributed by atoms with Crippen LogP contribution < -0.4 is 4.74 Å². The zero-order valence-corrected chi connectivity index (χ0v) is 10.5. The van der Waals surface area contributed by atoms with Gasteiger partial charge < -0.3 is 14.4 Å². The molecule has 1 fully saturated rings. The van der Waals surface area contributed by atoms with Crippen molar-refractivity contribution in [2.24, 2.45) is 0 Å². The first-order valence-electron chi connectivity index (χ1n) is 5.86. The summed E-state index contributed by atoms with van der Waals surface area (Å²) in [6.07, 6.45) is -0.213. The van der Waals surface area contributed by atoms with Crippen LogP contribution in [0.25, 0.3) is 0 Å². The van der Waals surface area contributed by atoms with Crippen LogP contribution in [0.2, 0.25) is 0 Å². The van der Waals surface area contributed by atoms with Crippen LogP contribution in [-0.4, -0.2) is 37.0 Å². The number of rotatable bonds is 3. The fraction of sp³-hybridized carbons (Fsp3) is 0.385. The molecule has 0 aliphatic carbocycles. The molecule has 0 radical (unpaired) electrons. The maximum Gasteiger partial charge on any atom is 0.410 e. The largest absolute Gasteiger partial charge is 0.496 e. The van der Waals surface area contributed by atoms with Crippen LogP contribution in [-0.2, 0) is 16.1 Å². The van der Waals surface area contributed by atoms with E-state index in [-0.39, 0.29) is 18.9 Å². The third kappa shape index (κ3) is 3.21. The van der Waals surface area contributed by atoms with Crippen LogP contribution in [0, 0.1) is 5.82 Å². The quantitative estimate of drug-likeness (QED) is 0.837. The SMILES string of the molecule is COc1ccc(F)cc1COC(=O)N1CCC(=O)C1. The Morgan fingerprint density at radius 2 is 2.26 bits per heavy atom. The van der Waals surface area contributed by atoms with Crippen molar-refractivity contribution in [2.75, 3.05) is 20.2 Å². The van der Waals surface area contributed by atoms with Crippen molar-refractivity contribution < 1.29 is 23.5 Å². The van der Waals surface area contributed by atoms with Crippen molar-refractivity contribution in [1.82, 2.24) is 4.90 Å². The third-order valence-electron chi connectivity index (χ3n) is 2.88. The number of methoxy groups -OCH3 is 1. The van der Waals surface area contributed by atoms with Gasteiger partial charge >= 0.3 is 6.09 Å². The third-order valence-corrected chi connectivity index (χ3v) is 2.88. The Balaban J connectivity index is 1.96. The predicted molar refractivity (Wildman–Crippen MR) is 64.3 cm³/mol. The number of Topliss-reactive ketones (excluding diaryl/α,β-unsaturated/α-hetero) is 1. The number of halogens is 1. The van der Waals surface area contributed by atoms with Crippen LogP contribution in [0.15, 0.2) is 18.2 Å². The lowest BCUT2D eigenvalue weighted by atomic mass is 10.2. The molecule has 0 spiro atoms. The van der Waals surface area contributed by atoms with E-state index in [1.165, 1.54) is 30.2 Å². The molecule has 0 atom stereocenters. The minimum absolute atomic E-state index is 0.0142. The Labute approximate surface area is 109 Å². The van der Waals surface area contributed by atoms with Gasteiger partial charge in [-0.3, -0.25) is 4.79 Å². The number of carbonyl (C=O) groups excluding carboxylic acids is 2. The highest BCUT2D eigenvalue weighted by Gasteiger charge is 2.25. The zero-order valence-electron chi connectivity index (χ0n) is 10.5. The average Bonchev–Trinajstić information content (AvgIpc) is 2.83. The van der Waals surface area contributed by atoms with Gasteiger partial charge in [-0.15, -0.1) is 0 Å². The van der Waals surface area contributed by atoms with Gasteiger partial charge in [-0.1, -0.05) is 0 Å². The lowest BCUT2D eigenvalue weighted by molar-refractivity contribution is -0.116. The summed E-state index contributed by atoms with van der Waals surface area (Å²) in [5.74, 6) is 0.0372. The topological polar surface area (TPSA) is 55.8 Å². The van der Waals surface area contributed by atoms with Crippen molar-refractivity contribution in [3.63, 3.8) is 0 Å². The van der Waals surface area contributed by atoms with Gasteiger partial charge in [-0.05, 0) is 18.2 Å². The smallest absolute Gasteiger partial charge is 0.410 e. The van der Waals surface area contributed by atoms with Gasteiger partial charge in [0.05, 0.1) is 13.7 Å². The number of nitrogens with zero attached hydrogens (tertiary/aromatic N) is 1. The first-order valence-corrected chi connectivity index (χ1v) is 5.86. The standard InChI is InChI=1S/C13H14FNO4/c1-18-12-3-2-10(14)6-9(12)8-19-13(17)15-5-4-11(16)7-15/h2-3,6H,4-5,7-8H2,1H3. The van der Waals surface area contributed by atoms with Crippen LogP contribution in [0.5, 0.6) is 5.75 Å². The monoisotopic (exact) mass is 267 g/mol. The molecule has 6 heteroatoms. The van der Waals surface area contributed by atoms with Gasteiger partial charge in [0, 0.05) is 18.5 Å². The predicted octanol–water partition coefficient (Wildman–Crippen LogP) is 1.75. The van der Waals surface area contributed by atoms with Gasteiger partial charge in [0.25, 0.3) is 0 Å². The molecule has 5 nitrogen and oxygen atoms in total. The Kier molecular flexibility index (Phi) is 3.99. The first-order chi connectivity index (χ1) is 9.10. The second-order valence-electron chi connectivity index (χ2n) is 4.22. The molecule has 1 aromatic carbocycles. The van der Waals surface area contributed by atoms with Gasteiger partial charge in [0.2, 0.25) is 0 Å². The fourth-order valence-electron chi connectivity index (χ4n) is 1.88. The molecule has 0 bridgehead atoms. The summed E-state index contributed by atoms with van der Waals surface area (Å²) in [5.41, 5.74) is 0.446. The van der Waals surface area contributed by atoms with Crippen LogP contribution in [0.3, 0.4) is 0 Å². The molecular weight excluding hydrogens is 253 g/mol. The molecule has 1 amide bonds. The Morgan fingerprint density at radius 1 is 1.47 bits per heavy atom. The van der Waals surface area contributed by atoms with E-state index >= 15 is 0 Å². The lowest BCUT2D eigenvalue weighted by Gasteiger charge is -2.15. The molecule has 2 rings (SSSR count). The van der Waals surface area contributed by atoms with Gasteiger partial charge in [-0.25, -0.2) is 9.18 Å². The average molecular weight is 267 g/mol. The molecular formula is C13H14FNO4. The highest BCUT2D eigenvalue weighted by atomic mass is 19.1. The molecule has 102 valence electrons. The Morgan fingerprint density at radius 3 is 2.89 bits per heavy atom. The number of amides is 1. The van der Waals surface area contributed by atoms with E-state index in [1.807, 2.05) is 0 Å². The molecule has 0 saturated carbocycles. The van der Waals surface area contributed by atoms with Crippen LogP contribution in [0.4, 0.5) is 9.18 Å². The fourth-order valence-corrected chi connectivity index (χ4v) is 1.88. The molecule has 1 aliphatic heterocycles. The number of ketones is 1. The zero-order chi connectivity index (χ0) is 13.8. The van der Waals surface area contributed by atoms with E-state index in [0.29, 0.717) is 24.3 Å². The molecule has 1 saturated heterocycles. The summed E-state index contributed by atoms with van der Waals surface area (Å²) < 4.78 is 23.2. The highest BCUT2D eigenvalue weighted by Crippen LogP contribution is 2.20. The van der Waals surface area contributed by atoms with Crippen molar-refractivity contribution in [3.05, 3.63) is 29.6 Å². The van der Waals surface area contributed by atoms with Crippen molar-refractivity contribution >= 4 is 11.9 Å². The summed E-state index contributed by atoms with van der Waals surface area (Å²) in [5, 5.41) is 0. The summed E-state index contributed by atoms with van der Waals surface area (Å²) in [7, 11) is 1.46. The van der Waals surface area contributed by atoms with Crippen LogP contribution >= 0.6 is 0 Å². The van der Waals surface area contributed by atoms with E-state index in [4.69, 9.17) is 9.47 Å². The lowest BCUT2D eigenvalue weighted by Crippen LogP contribution is -2.29. The molecule has 0 aromatic heterocycles. The van der Waals surface area contributed by atoms with Crippen molar-refractivity contribution in [2.45, 2.75) is 13.0 Å². The summed E-state index contributed by atoms with van der Waals surface area (Å²) in [6.45, 7) is 0.363. The maximum atomic E-state index is 13.1. The molecule has 19 heavy (non-hydrogen) atoms. The number of hydrogen-bond acceptors (Lipinski definition) is 4. The molecule has 0 unspecified atom stereocenters. The number of carbonyl (C=O) groups is 2. The summed E-state index contributed by atoms with van der Waals surface area (Å²) in [6, 6.07) is 3.99. The molecule has 0 N–H and O–H groups in total. The molecule has 1 heterocycles. The number of ether oxygens (including phenoxy) is 2. The Bertz CT molecular complexity index is 503. The number of benzene rings is 1. The van der Waals surface area contributed by atoms with Crippen molar-refractivity contribution in [1.29, 1.82) is 0 Å². The Hall–Kier alpha value is -2.11. The van der Waals surface area contributed by atoms with E-state index in [1.54, 1.807) is 0 Å². The maximum absolute atomic E-state index is 13.1. The van der Waals surface area contributed by atoms with Crippen LogP contribution in [0.1, 0.15) is 12.0 Å². The van der Waals surface area contributed by atoms with E-state index in [9.17, 15) is 14.0 Å². The van der Waals surface area contributed by atoms with Crippen molar-refractivity contribution in [3.8, 4) is 5.75 Å². The van der Waals surface area contributed by atoms with Gasteiger partial charge in [0.1, 0.15) is 18.2 Å². The number of likely N-dealkylation sites (tertiary alicyclic amines) is 1. The van der Waals surface area contributed by atoms with E-state index < -0.39 is 11.9 Å². The molecule has 1 aromatic rings. The minimum Gasteiger partial charge on any atom is -0.496 e. The molecule has 1 aliphatic rings. The van der Waals surface area contributed by atoms with E-state index in [2.05, 4.69) is 0 Å². The second kappa shape index (κ2) is 5.69. The summed E-state index contributed by atoms with van der Waals surface area (Å²) in [4.78, 5) is 24.1.